The molecule has 0 atom stereocenters. The molecule has 138 valence electrons. The van der Waals surface area contributed by atoms with Crippen LogP contribution >= 0.6 is 0 Å². The van der Waals surface area contributed by atoms with Crippen LogP contribution in [0.2, 0.25) is 0 Å². The van der Waals surface area contributed by atoms with Crippen molar-refractivity contribution in [1.82, 2.24) is 34.9 Å². The molecule has 27 heavy (non-hydrogen) atoms. The SMILES string of the molecule is O=C(NCc1cccnc1-n1cccn1)N1CCN(c2ncccn2)CC1. The predicted molar refractivity (Wildman–Crippen MR) is 99.4 cm³/mol. The molecule has 4 rings (SSSR count). The van der Waals surface area contributed by atoms with E-state index in [1.807, 2.05) is 29.3 Å². The van der Waals surface area contributed by atoms with E-state index in [9.17, 15) is 4.79 Å². The molecule has 0 bridgehead atoms. The number of amides is 2. The second-order valence-corrected chi connectivity index (χ2v) is 6.12. The molecule has 3 aromatic rings. The number of aromatic nitrogens is 5. The van der Waals surface area contributed by atoms with Gasteiger partial charge in [-0.2, -0.15) is 5.10 Å². The Bertz CT molecular complexity index is 875. The minimum atomic E-state index is -0.0844. The number of nitrogens with one attached hydrogen (secondary N) is 1. The number of hydrogen-bond acceptors (Lipinski definition) is 6. The van der Waals surface area contributed by atoms with Crippen LogP contribution in [-0.2, 0) is 6.54 Å². The summed E-state index contributed by atoms with van der Waals surface area (Å²) in [6, 6.07) is 7.34. The van der Waals surface area contributed by atoms with Crippen molar-refractivity contribution in [1.29, 1.82) is 0 Å². The van der Waals surface area contributed by atoms with Crippen molar-refractivity contribution >= 4 is 12.0 Å². The zero-order valence-corrected chi connectivity index (χ0v) is 14.8. The summed E-state index contributed by atoms with van der Waals surface area (Å²) in [7, 11) is 0. The fourth-order valence-electron chi connectivity index (χ4n) is 3.02. The van der Waals surface area contributed by atoms with Crippen molar-refractivity contribution in [3.05, 3.63) is 60.8 Å². The summed E-state index contributed by atoms with van der Waals surface area (Å²) < 4.78 is 1.69. The Kier molecular flexibility index (Phi) is 4.91. The molecule has 0 unspecified atom stereocenters. The average Bonchev–Trinajstić information content (AvgIpc) is 3.28. The zero-order chi connectivity index (χ0) is 18.5. The van der Waals surface area contributed by atoms with Gasteiger partial charge in [0, 0.05) is 69.3 Å². The average molecular weight is 364 g/mol. The lowest BCUT2D eigenvalue weighted by molar-refractivity contribution is 0.193. The third kappa shape index (κ3) is 3.86. The van der Waals surface area contributed by atoms with Gasteiger partial charge in [-0.15, -0.1) is 0 Å². The zero-order valence-electron chi connectivity index (χ0n) is 14.8. The molecule has 1 aliphatic rings. The van der Waals surface area contributed by atoms with Gasteiger partial charge in [0.1, 0.15) is 0 Å². The Morgan fingerprint density at radius 3 is 2.48 bits per heavy atom. The molecule has 0 aliphatic carbocycles. The molecular weight excluding hydrogens is 344 g/mol. The predicted octanol–water partition coefficient (Wildman–Crippen LogP) is 1.09. The van der Waals surface area contributed by atoms with E-state index in [1.54, 1.807) is 35.5 Å². The number of carbonyl (C=O) groups excluding carboxylic acids is 1. The number of urea groups is 1. The van der Waals surface area contributed by atoms with Crippen molar-refractivity contribution < 1.29 is 4.79 Å². The number of nitrogens with zero attached hydrogens (tertiary/aromatic N) is 7. The maximum absolute atomic E-state index is 12.5. The summed E-state index contributed by atoms with van der Waals surface area (Å²) in [4.78, 5) is 29.3. The van der Waals surface area contributed by atoms with Crippen LogP contribution < -0.4 is 10.2 Å². The number of piperazine rings is 1. The highest BCUT2D eigenvalue weighted by Gasteiger charge is 2.22. The summed E-state index contributed by atoms with van der Waals surface area (Å²) in [6.45, 7) is 3.07. The van der Waals surface area contributed by atoms with Gasteiger partial charge in [-0.1, -0.05) is 6.07 Å². The lowest BCUT2D eigenvalue weighted by Gasteiger charge is -2.34. The van der Waals surface area contributed by atoms with Crippen LogP contribution in [0.3, 0.4) is 0 Å². The molecule has 1 saturated heterocycles. The van der Waals surface area contributed by atoms with Crippen LogP contribution in [0, 0.1) is 0 Å². The second kappa shape index (κ2) is 7.81. The Hall–Kier alpha value is -3.49. The van der Waals surface area contributed by atoms with Crippen molar-refractivity contribution in [2.24, 2.45) is 0 Å². The first-order valence-electron chi connectivity index (χ1n) is 8.80. The van der Waals surface area contributed by atoms with Gasteiger partial charge < -0.3 is 15.1 Å². The first-order valence-corrected chi connectivity index (χ1v) is 8.80. The molecule has 1 N–H and O–H groups in total. The van der Waals surface area contributed by atoms with Crippen LogP contribution in [0.25, 0.3) is 5.82 Å². The van der Waals surface area contributed by atoms with Gasteiger partial charge >= 0.3 is 6.03 Å². The maximum Gasteiger partial charge on any atom is 0.317 e. The topological polar surface area (TPSA) is 92.1 Å². The monoisotopic (exact) mass is 364 g/mol. The van der Waals surface area contributed by atoms with Gasteiger partial charge in [-0.05, 0) is 18.2 Å². The number of rotatable bonds is 4. The molecule has 2 amide bonds. The largest absolute Gasteiger partial charge is 0.337 e. The number of hydrogen-bond donors (Lipinski definition) is 1. The normalized spacial score (nSPS) is 14.2. The van der Waals surface area contributed by atoms with E-state index < -0.39 is 0 Å². The first kappa shape index (κ1) is 17.0. The van der Waals surface area contributed by atoms with Crippen molar-refractivity contribution in [3.63, 3.8) is 0 Å². The van der Waals surface area contributed by atoms with Crippen LogP contribution in [0.4, 0.5) is 10.7 Å². The first-order chi connectivity index (χ1) is 13.3. The third-order valence-corrected chi connectivity index (χ3v) is 4.42. The van der Waals surface area contributed by atoms with Gasteiger partial charge in [0.15, 0.2) is 5.82 Å². The number of anilines is 1. The summed E-state index contributed by atoms with van der Waals surface area (Å²) in [6.07, 6.45) is 8.71. The van der Waals surface area contributed by atoms with E-state index in [4.69, 9.17) is 0 Å². The molecular formula is C18H20N8O. The third-order valence-electron chi connectivity index (χ3n) is 4.42. The lowest BCUT2D eigenvalue weighted by atomic mass is 10.2. The van der Waals surface area contributed by atoms with E-state index >= 15 is 0 Å². The fourth-order valence-corrected chi connectivity index (χ4v) is 3.02. The minimum Gasteiger partial charge on any atom is -0.337 e. The van der Waals surface area contributed by atoms with Crippen LogP contribution in [0.1, 0.15) is 5.56 Å². The van der Waals surface area contributed by atoms with Crippen LogP contribution in [-0.4, -0.2) is 61.8 Å². The fraction of sp³-hybridized carbons (Fsp3) is 0.278. The molecule has 3 aromatic heterocycles. The highest BCUT2D eigenvalue weighted by molar-refractivity contribution is 5.74. The van der Waals surface area contributed by atoms with E-state index in [2.05, 4.69) is 30.3 Å². The van der Waals surface area contributed by atoms with Gasteiger partial charge in [0.2, 0.25) is 5.95 Å². The van der Waals surface area contributed by atoms with Crippen molar-refractivity contribution in [2.75, 3.05) is 31.1 Å². The second-order valence-electron chi connectivity index (χ2n) is 6.12. The summed E-state index contributed by atoms with van der Waals surface area (Å²) in [5, 5.41) is 7.20. The molecule has 1 aliphatic heterocycles. The summed E-state index contributed by atoms with van der Waals surface area (Å²) in [5.41, 5.74) is 0.908. The van der Waals surface area contributed by atoms with Gasteiger partial charge in [0.25, 0.3) is 0 Å². The van der Waals surface area contributed by atoms with Crippen LogP contribution in [0.15, 0.2) is 55.2 Å². The number of pyridine rings is 1. The Labute approximate surface area is 156 Å². The quantitative estimate of drug-likeness (QED) is 0.745. The lowest BCUT2D eigenvalue weighted by Crippen LogP contribution is -2.52. The Morgan fingerprint density at radius 2 is 1.74 bits per heavy atom. The molecule has 1 fully saturated rings. The Balaban J connectivity index is 1.33. The number of carbonyl (C=O) groups is 1. The summed E-state index contributed by atoms with van der Waals surface area (Å²) in [5.74, 6) is 1.42. The molecule has 0 aromatic carbocycles. The maximum atomic E-state index is 12.5. The summed E-state index contributed by atoms with van der Waals surface area (Å²) >= 11 is 0. The molecule has 9 nitrogen and oxygen atoms in total. The van der Waals surface area contributed by atoms with Crippen molar-refractivity contribution in [2.45, 2.75) is 6.54 Å². The van der Waals surface area contributed by atoms with E-state index in [0.717, 1.165) is 5.56 Å². The van der Waals surface area contributed by atoms with Crippen molar-refractivity contribution in [3.8, 4) is 5.82 Å². The molecule has 4 heterocycles. The van der Waals surface area contributed by atoms with E-state index in [1.165, 1.54) is 0 Å². The molecule has 0 radical (unpaired) electrons. The van der Waals surface area contributed by atoms with Gasteiger partial charge in [0.05, 0.1) is 0 Å². The van der Waals surface area contributed by atoms with E-state index in [-0.39, 0.29) is 6.03 Å². The Morgan fingerprint density at radius 1 is 0.963 bits per heavy atom. The molecule has 9 heteroatoms. The highest BCUT2D eigenvalue weighted by Crippen LogP contribution is 2.12. The smallest absolute Gasteiger partial charge is 0.317 e. The highest BCUT2D eigenvalue weighted by atomic mass is 16.2. The van der Waals surface area contributed by atoms with Gasteiger partial charge in [-0.3, -0.25) is 0 Å². The molecule has 0 spiro atoms. The minimum absolute atomic E-state index is 0.0844. The van der Waals surface area contributed by atoms with E-state index in [0.29, 0.717) is 44.5 Å². The van der Waals surface area contributed by atoms with Gasteiger partial charge in [-0.25, -0.2) is 24.4 Å². The standard InChI is InChI=1S/C18H20N8O/c27-18(25-12-10-24(11-13-25)17-20-6-2-7-21-17)22-14-15-4-1-5-19-16(15)26-9-3-8-23-26/h1-9H,10-14H2,(H,22,27). The molecule has 0 saturated carbocycles. The van der Waals surface area contributed by atoms with Crippen LogP contribution in [0.5, 0.6) is 0 Å².